The highest BCUT2D eigenvalue weighted by atomic mass is 32.2. The van der Waals surface area contributed by atoms with E-state index < -0.39 is 0 Å². The number of carbonyl (C=O) groups is 1. The van der Waals surface area contributed by atoms with Crippen LogP contribution in [0.3, 0.4) is 0 Å². The molecule has 8 heteroatoms. The minimum absolute atomic E-state index is 0.0607. The van der Waals surface area contributed by atoms with Crippen molar-refractivity contribution in [3.8, 4) is 0 Å². The first kappa shape index (κ1) is 17.4. The summed E-state index contributed by atoms with van der Waals surface area (Å²) in [6.07, 6.45) is 9.33. The molecule has 1 saturated carbocycles. The maximum absolute atomic E-state index is 12.0. The summed E-state index contributed by atoms with van der Waals surface area (Å²) in [6.45, 7) is 2.94. The van der Waals surface area contributed by atoms with Gasteiger partial charge >= 0.3 is 0 Å². The lowest BCUT2D eigenvalue weighted by molar-refractivity contribution is -0.113. The molecule has 0 atom stereocenters. The van der Waals surface area contributed by atoms with Crippen LogP contribution in [0.5, 0.6) is 0 Å². The van der Waals surface area contributed by atoms with E-state index in [1.54, 1.807) is 6.20 Å². The Balaban J connectivity index is 1.56. The summed E-state index contributed by atoms with van der Waals surface area (Å²) in [7, 11) is 0. The molecule has 0 spiro atoms. The number of nitrogens with one attached hydrogen (secondary N) is 1. The van der Waals surface area contributed by atoms with E-state index in [2.05, 4.69) is 32.0 Å². The molecule has 6 nitrogen and oxygen atoms in total. The van der Waals surface area contributed by atoms with Gasteiger partial charge in [0.1, 0.15) is 5.82 Å². The monoisotopic (exact) mass is 365 g/mol. The Bertz CT molecular complexity index is 649. The van der Waals surface area contributed by atoms with Crippen LogP contribution in [0.15, 0.2) is 16.7 Å². The van der Waals surface area contributed by atoms with E-state index in [1.807, 2.05) is 5.38 Å². The van der Waals surface area contributed by atoms with Gasteiger partial charge in [0.15, 0.2) is 10.3 Å². The minimum atomic E-state index is -0.0607. The molecule has 0 bridgehead atoms. The van der Waals surface area contributed by atoms with Crippen LogP contribution >= 0.6 is 23.1 Å². The van der Waals surface area contributed by atoms with Crippen LogP contribution in [0.1, 0.15) is 44.9 Å². The summed E-state index contributed by atoms with van der Waals surface area (Å²) in [6, 6.07) is 0. The predicted molar refractivity (Wildman–Crippen MR) is 97.4 cm³/mol. The summed E-state index contributed by atoms with van der Waals surface area (Å²) in [5, 5.41) is 14.8. The second kappa shape index (κ2) is 8.62. The Morgan fingerprint density at radius 2 is 2.21 bits per heavy atom. The Kier molecular flexibility index (Phi) is 6.25. The standard InChI is InChI=1S/C16H23N5OS2/c1-2-21-13(10-12-6-4-3-5-7-12)19-20-16(21)24-11-14(22)18-15-17-8-9-23-15/h8-9,12H,2-7,10-11H2,1H3,(H,17,18,22). The van der Waals surface area contributed by atoms with Gasteiger partial charge in [-0.15, -0.1) is 21.5 Å². The molecule has 2 aromatic rings. The number of carbonyl (C=O) groups excluding carboxylic acids is 1. The number of rotatable bonds is 7. The molecular formula is C16H23N5OS2. The predicted octanol–water partition coefficient (Wildman–Crippen LogP) is 3.61. The Labute approximate surface area is 150 Å². The summed E-state index contributed by atoms with van der Waals surface area (Å²) >= 11 is 2.86. The first-order chi connectivity index (χ1) is 11.8. The SMILES string of the molecule is CCn1c(CC2CCCCC2)nnc1SCC(=O)Nc1nccs1. The third-order valence-corrected chi connectivity index (χ3v) is 5.97. The summed E-state index contributed by atoms with van der Waals surface area (Å²) in [4.78, 5) is 16.0. The molecule has 0 aromatic carbocycles. The van der Waals surface area contributed by atoms with Crippen molar-refractivity contribution >= 4 is 34.1 Å². The van der Waals surface area contributed by atoms with E-state index in [0.29, 0.717) is 10.9 Å². The number of aromatic nitrogens is 4. The normalized spacial score (nSPS) is 15.5. The maximum atomic E-state index is 12.0. The molecule has 1 amide bonds. The molecule has 0 unspecified atom stereocenters. The molecule has 1 aliphatic carbocycles. The van der Waals surface area contributed by atoms with Crippen LogP contribution in [-0.2, 0) is 17.8 Å². The minimum Gasteiger partial charge on any atom is -0.306 e. The largest absolute Gasteiger partial charge is 0.306 e. The van der Waals surface area contributed by atoms with Crippen molar-refractivity contribution in [2.75, 3.05) is 11.1 Å². The van der Waals surface area contributed by atoms with E-state index in [9.17, 15) is 4.79 Å². The van der Waals surface area contributed by atoms with Gasteiger partial charge in [0, 0.05) is 24.5 Å². The fraction of sp³-hybridized carbons (Fsp3) is 0.625. The van der Waals surface area contributed by atoms with Crippen molar-refractivity contribution in [2.24, 2.45) is 5.92 Å². The number of anilines is 1. The van der Waals surface area contributed by atoms with Gasteiger partial charge in [-0.2, -0.15) is 0 Å². The molecule has 2 aromatic heterocycles. The molecule has 0 radical (unpaired) electrons. The molecular weight excluding hydrogens is 342 g/mol. The summed E-state index contributed by atoms with van der Waals surface area (Å²) in [5.41, 5.74) is 0. The second-order valence-corrected chi connectivity index (χ2v) is 7.86. The highest BCUT2D eigenvalue weighted by Crippen LogP contribution is 2.27. The third kappa shape index (κ3) is 4.57. The molecule has 1 N–H and O–H groups in total. The zero-order chi connectivity index (χ0) is 16.8. The molecule has 1 fully saturated rings. The van der Waals surface area contributed by atoms with Crippen molar-refractivity contribution in [3.63, 3.8) is 0 Å². The van der Waals surface area contributed by atoms with E-state index in [4.69, 9.17) is 0 Å². The van der Waals surface area contributed by atoms with Crippen molar-refractivity contribution in [2.45, 2.75) is 57.1 Å². The average Bonchev–Trinajstić information content (AvgIpc) is 3.23. The van der Waals surface area contributed by atoms with Crippen molar-refractivity contribution < 1.29 is 4.79 Å². The Hall–Kier alpha value is -1.41. The van der Waals surface area contributed by atoms with Gasteiger partial charge in [0.05, 0.1) is 5.75 Å². The third-order valence-electron chi connectivity index (χ3n) is 4.32. The molecule has 130 valence electrons. The first-order valence-electron chi connectivity index (χ1n) is 8.50. The molecule has 24 heavy (non-hydrogen) atoms. The average molecular weight is 366 g/mol. The zero-order valence-corrected chi connectivity index (χ0v) is 15.5. The van der Waals surface area contributed by atoms with E-state index in [-0.39, 0.29) is 5.91 Å². The first-order valence-corrected chi connectivity index (χ1v) is 10.4. The van der Waals surface area contributed by atoms with Gasteiger partial charge in [-0.05, 0) is 12.8 Å². The number of hydrogen-bond donors (Lipinski definition) is 1. The van der Waals surface area contributed by atoms with Crippen molar-refractivity contribution in [3.05, 3.63) is 17.4 Å². The van der Waals surface area contributed by atoms with Crippen LogP contribution in [0, 0.1) is 5.92 Å². The lowest BCUT2D eigenvalue weighted by Crippen LogP contribution is -2.15. The molecule has 2 heterocycles. The van der Waals surface area contributed by atoms with Gasteiger partial charge in [0.25, 0.3) is 0 Å². The van der Waals surface area contributed by atoms with Crippen LogP contribution in [0.4, 0.5) is 5.13 Å². The van der Waals surface area contributed by atoms with Gasteiger partial charge in [-0.1, -0.05) is 43.9 Å². The van der Waals surface area contributed by atoms with E-state index in [0.717, 1.165) is 29.9 Å². The Morgan fingerprint density at radius 3 is 2.92 bits per heavy atom. The Morgan fingerprint density at radius 1 is 1.38 bits per heavy atom. The number of hydrogen-bond acceptors (Lipinski definition) is 6. The molecule has 0 aliphatic heterocycles. The van der Waals surface area contributed by atoms with E-state index in [1.165, 1.54) is 55.2 Å². The van der Waals surface area contributed by atoms with Crippen molar-refractivity contribution in [1.29, 1.82) is 0 Å². The second-order valence-electron chi connectivity index (χ2n) is 6.03. The van der Waals surface area contributed by atoms with Gasteiger partial charge < -0.3 is 9.88 Å². The summed E-state index contributed by atoms with van der Waals surface area (Å²) < 4.78 is 2.15. The fourth-order valence-electron chi connectivity index (χ4n) is 3.11. The zero-order valence-electron chi connectivity index (χ0n) is 13.9. The lowest BCUT2D eigenvalue weighted by atomic mass is 9.87. The van der Waals surface area contributed by atoms with Crippen LogP contribution in [0.2, 0.25) is 0 Å². The van der Waals surface area contributed by atoms with Gasteiger partial charge in [0.2, 0.25) is 5.91 Å². The molecule has 1 aliphatic rings. The smallest absolute Gasteiger partial charge is 0.236 e. The number of nitrogens with zero attached hydrogens (tertiary/aromatic N) is 4. The highest BCUT2D eigenvalue weighted by molar-refractivity contribution is 7.99. The number of amides is 1. The maximum Gasteiger partial charge on any atom is 0.236 e. The van der Waals surface area contributed by atoms with Gasteiger partial charge in [-0.25, -0.2) is 4.98 Å². The van der Waals surface area contributed by atoms with Crippen LogP contribution in [0.25, 0.3) is 0 Å². The summed E-state index contributed by atoms with van der Waals surface area (Å²) in [5.74, 6) is 2.06. The van der Waals surface area contributed by atoms with E-state index >= 15 is 0 Å². The lowest BCUT2D eigenvalue weighted by Gasteiger charge is -2.21. The van der Waals surface area contributed by atoms with Crippen molar-refractivity contribution in [1.82, 2.24) is 19.7 Å². The molecule has 0 saturated heterocycles. The van der Waals surface area contributed by atoms with Crippen LogP contribution in [-0.4, -0.2) is 31.4 Å². The highest BCUT2D eigenvalue weighted by Gasteiger charge is 2.19. The molecule has 3 rings (SSSR count). The number of thiazole rings is 1. The van der Waals surface area contributed by atoms with Crippen LogP contribution < -0.4 is 5.32 Å². The van der Waals surface area contributed by atoms with Gasteiger partial charge in [-0.3, -0.25) is 4.79 Å². The number of thioether (sulfide) groups is 1. The fourth-order valence-corrected chi connectivity index (χ4v) is 4.48. The quantitative estimate of drug-likeness (QED) is 0.759. The topological polar surface area (TPSA) is 72.7 Å².